The molecule has 0 aliphatic rings. The minimum absolute atomic E-state index is 0.149. The van der Waals surface area contributed by atoms with Crippen molar-refractivity contribution in [2.24, 2.45) is 11.5 Å². The lowest BCUT2D eigenvalue weighted by Crippen LogP contribution is -2.42. The van der Waals surface area contributed by atoms with Crippen molar-refractivity contribution in [2.75, 3.05) is 52.4 Å². The van der Waals surface area contributed by atoms with Gasteiger partial charge < -0.3 is 32.7 Å². The molecule has 0 spiro atoms. The van der Waals surface area contributed by atoms with Crippen LogP contribution in [0.3, 0.4) is 0 Å². The van der Waals surface area contributed by atoms with Gasteiger partial charge in [0.05, 0.1) is 0 Å². The van der Waals surface area contributed by atoms with E-state index in [-0.39, 0.29) is 6.03 Å². The van der Waals surface area contributed by atoms with Crippen LogP contribution in [0.2, 0.25) is 0 Å². The largest absolute Gasteiger partial charge is 0.337 e. The van der Waals surface area contributed by atoms with Gasteiger partial charge in [-0.25, -0.2) is 4.79 Å². The van der Waals surface area contributed by atoms with Crippen LogP contribution in [0.15, 0.2) is 0 Å². The van der Waals surface area contributed by atoms with Gasteiger partial charge in [0.15, 0.2) is 0 Å². The Balaban J connectivity index is 3.12. The van der Waals surface area contributed by atoms with E-state index in [0.29, 0.717) is 26.2 Å². The Bertz CT molecular complexity index is 150. The zero-order valence-corrected chi connectivity index (χ0v) is 9.72. The van der Waals surface area contributed by atoms with E-state index in [2.05, 4.69) is 21.3 Å². The lowest BCUT2D eigenvalue weighted by molar-refractivity contribution is 0.241. The number of nitrogens with one attached hydrogen (secondary N) is 4. The van der Waals surface area contributed by atoms with Gasteiger partial charge in [-0.3, -0.25) is 0 Å². The molecule has 0 radical (unpaired) electrons. The highest BCUT2D eigenvalue weighted by atomic mass is 16.2. The van der Waals surface area contributed by atoms with E-state index in [1.807, 2.05) is 0 Å². The topological polar surface area (TPSA) is 117 Å². The van der Waals surface area contributed by atoms with Crippen LogP contribution in [0.25, 0.3) is 0 Å². The van der Waals surface area contributed by atoms with Gasteiger partial charge in [0, 0.05) is 52.4 Å². The molecule has 8 N–H and O–H groups in total. The second-order valence-electron chi connectivity index (χ2n) is 3.26. The SMILES string of the molecule is NCCNCCNC(=O)NCCNCCN. The summed E-state index contributed by atoms with van der Waals surface area (Å²) in [5, 5.41) is 11.6. The highest BCUT2D eigenvalue weighted by Crippen LogP contribution is 1.65. The molecule has 16 heavy (non-hydrogen) atoms. The molecule has 96 valence electrons. The van der Waals surface area contributed by atoms with Gasteiger partial charge in [-0.2, -0.15) is 0 Å². The van der Waals surface area contributed by atoms with Gasteiger partial charge in [-0.15, -0.1) is 0 Å². The first-order valence-electron chi connectivity index (χ1n) is 5.64. The Kier molecular flexibility index (Phi) is 11.5. The van der Waals surface area contributed by atoms with E-state index < -0.39 is 0 Å². The molecule has 0 aliphatic carbocycles. The van der Waals surface area contributed by atoms with Crippen molar-refractivity contribution < 1.29 is 4.79 Å². The smallest absolute Gasteiger partial charge is 0.314 e. The molecule has 0 saturated carbocycles. The number of carbonyl (C=O) groups is 1. The summed E-state index contributed by atoms with van der Waals surface area (Å²) in [6.45, 7) is 5.42. The van der Waals surface area contributed by atoms with Gasteiger partial charge in [0.25, 0.3) is 0 Å². The van der Waals surface area contributed by atoms with Crippen molar-refractivity contribution in [2.45, 2.75) is 0 Å². The number of hydrogen-bond acceptors (Lipinski definition) is 5. The van der Waals surface area contributed by atoms with Gasteiger partial charge in [-0.05, 0) is 0 Å². The third kappa shape index (κ3) is 11.2. The molecular weight excluding hydrogens is 208 g/mol. The van der Waals surface area contributed by atoms with Crippen molar-refractivity contribution in [1.29, 1.82) is 0 Å². The van der Waals surface area contributed by atoms with Crippen molar-refractivity contribution >= 4 is 6.03 Å². The standard InChI is InChI=1S/C9H24N6O/c10-1-3-12-5-7-14-9(16)15-8-6-13-4-2-11/h12-13H,1-8,10-11H2,(H2,14,15,16). The third-order valence-electron chi connectivity index (χ3n) is 1.82. The first-order valence-corrected chi connectivity index (χ1v) is 5.64. The number of amides is 2. The molecule has 0 unspecified atom stereocenters. The number of carbonyl (C=O) groups excluding carboxylic acids is 1. The van der Waals surface area contributed by atoms with Crippen LogP contribution < -0.4 is 32.7 Å². The minimum Gasteiger partial charge on any atom is -0.337 e. The summed E-state index contributed by atoms with van der Waals surface area (Å²) in [6, 6.07) is -0.149. The van der Waals surface area contributed by atoms with E-state index >= 15 is 0 Å². The average molecular weight is 232 g/mol. The van der Waals surface area contributed by atoms with Crippen LogP contribution in [0.1, 0.15) is 0 Å². The summed E-state index contributed by atoms with van der Waals surface area (Å²) in [5.41, 5.74) is 10.6. The maximum atomic E-state index is 11.2. The molecule has 0 heterocycles. The predicted octanol–water partition coefficient (Wildman–Crippen LogP) is -2.62. The molecule has 0 bridgehead atoms. The summed E-state index contributed by atoms with van der Waals surface area (Å²) in [6.07, 6.45) is 0. The fraction of sp³-hybridized carbons (Fsp3) is 0.889. The van der Waals surface area contributed by atoms with E-state index in [1.165, 1.54) is 0 Å². The molecule has 7 heteroatoms. The van der Waals surface area contributed by atoms with E-state index in [9.17, 15) is 4.79 Å². The number of rotatable bonds is 10. The molecule has 0 aromatic rings. The van der Waals surface area contributed by atoms with Crippen LogP contribution in [0.4, 0.5) is 4.79 Å². The Morgan fingerprint density at radius 1 is 0.750 bits per heavy atom. The molecular formula is C9H24N6O. The second-order valence-corrected chi connectivity index (χ2v) is 3.26. The monoisotopic (exact) mass is 232 g/mol. The van der Waals surface area contributed by atoms with Crippen molar-refractivity contribution in [3.05, 3.63) is 0 Å². The number of hydrogen-bond donors (Lipinski definition) is 6. The molecule has 7 nitrogen and oxygen atoms in total. The first-order chi connectivity index (χ1) is 7.81. The first kappa shape index (κ1) is 15.1. The van der Waals surface area contributed by atoms with Gasteiger partial charge in [-0.1, -0.05) is 0 Å². The number of nitrogens with two attached hydrogens (primary N) is 2. The maximum absolute atomic E-state index is 11.2. The van der Waals surface area contributed by atoms with Gasteiger partial charge in [0.1, 0.15) is 0 Å². The van der Waals surface area contributed by atoms with E-state index in [4.69, 9.17) is 11.5 Å². The van der Waals surface area contributed by atoms with Crippen LogP contribution in [0, 0.1) is 0 Å². The zero-order valence-electron chi connectivity index (χ0n) is 9.72. The average Bonchev–Trinajstić information content (AvgIpc) is 2.28. The highest BCUT2D eigenvalue weighted by Gasteiger charge is 1.96. The number of urea groups is 1. The molecule has 0 fully saturated rings. The summed E-state index contributed by atoms with van der Waals surface area (Å²) < 4.78 is 0. The molecule has 0 aromatic carbocycles. The highest BCUT2D eigenvalue weighted by molar-refractivity contribution is 5.73. The summed E-state index contributed by atoms with van der Waals surface area (Å²) in [5.74, 6) is 0. The normalized spacial score (nSPS) is 10.1. The lowest BCUT2D eigenvalue weighted by Gasteiger charge is -2.08. The van der Waals surface area contributed by atoms with Gasteiger partial charge >= 0.3 is 6.03 Å². The summed E-state index contributed by atoms with van der Waals surface area (Å²) >= 11 is 0. The Morgan fingerprint density at radius 2 is 1.19 bits per heavy atom. The van der Waals surface area contributed by atoms with Crippen LogP contribution in [-0.2, 0) is 0 Å². The molecule has 0 saturated heterocycles. The van der Waals surface area contributed by atoms with E-state index in [1.54, 1.807) is 0 Å². The second kappa shape index (κ2) is 12.2. The maximum Gasteiger partial charge on any atom is 0.314 e. The summed E-state index contributed by atoms with van der Waals surface area (Å²) in [4.78, 5) is 11.2. The zero-order chi connectivity index (χ0) is 12.1. The van der Waals surface area contributed by atoms with E-state index in [0.717, 1.165) is 26.2 Å². The van der Waals surface area contributed by atoms with Crippen molar-refractivity contribution in [3.8, 4) is 0 Å². The van der Waals surface area contributed by atoms with Gasteiger partial charge in [0.2, 0.25) is 0 Å². The Hall–Kier alpha value is -0.890. The Labute approximate surface area is 96.7 Å². The Morgan fingerprint density at radius 3 is 1.56 bits per heavy atom. The summed E-state index contributed by atoms with van der Waals surface area (Å²) in [7, 11) is 0. The predicted molar refractivity (Wildman–Crippen MR) is 65.2 cm³/mol. The quantitative estimate of drug-likeness (QED) is 0.231. The molecule has 0 atom stereocenters. The fourth-order valence-electron chi connectivity index (χ4n) is 1.05. The minimum atomic E-state index is -0.149. The molecule has 0 rings (SSSR count). The molecule has 0 aliphatic heterocycles. The van der Waals surface area contributed by atoms with Crippen molar-refractivity contribution in [1.82, 2.24) is 21.3 Å². The fourth-order valence-corrected chi connectivity index (χ4v) is 1.05. The van der Waals surface area contributed by atoms with Crippen LogP contribution in [0.5, 0.6) is 0 Å². The lowest BCUT2D eigenvalue weighted by atomic mass is 10.5. The van der Waals surface area contributed by atoms with Crippen molar-refractivity contribution in [3.63, 3.8) is 0 Å². The molecule has 0 aromatic heterocycles. The third-order valence-corrected chi connectivity index (χ3v) is 1.82. The molecule has 2 amide bonds. The van der Waals surface area contributed by atoms with Crippen LogP contribution >= 0.6 is 0 Å². The van der Waals surface area contributed by atoms with Crippen LogP contribution in [-0.4, -0.2) is 58.4 Å².